The largest absolute Gasteiger partial charge is 0.466 e. The zero-order valence-corrected chi connectivity index (χ0v) is 40.5. The molecule has 0 aromatic heterocycles. The normalized spacial score (nSPS) is 11.7. The Kier molecular flexibility index (Phi) is 46.7. The quantitative estimate of drug-likeness (QED) is 0.0279. The summed E-state index contributed by atoms with van der Waals surface area (Å²) in [6.45, 7) is 7.55. The molecule has 9 heteroatoms. The molecular formula is C52H98N2O7. The van der Waals surface area contributed by atoms with E-state index in [1.807, 2.05) is 19.0 Å². The lowest BCUT2D eigenvalue weighted by molar-refractivity contribution is -0.144. The SMILES string of the molecule is CCCCCCCC/C=C/CCCCCCCC(=O)OCCCCC(CCCCOC(=O)CCCCCCC/C=C/CCCCCCCC)OC(=O)NCCOCCN(C)C. The first-order valence-electron chi connectivity index (χ1n) is 25.7. The van der Waals surface area contributed by atoms with Gasteiger partial charge in [-0.3, -0.25) is 9.59 Å². The molecule has 1 N–H and O–H groups in total. The average Bonchev–Trinajstić information content (AvgIpc) is 3.24. The van der Waals surface area contributed by atoms with Crippen LogP contribution in [0.3, 0.4) is 0 Å². The molecule has 0 spiro atoms. The highest BCUT2D eigenvalue weighted by Crippen LogP contribution is 2.16. The van der Waals surface area contributed by atoms with Crippen molar-refractivity contribution in [3.05, 3.63) is 24.3 Å². The molecule has 0 bridgehead atoms. The van der Waals surface area contributed by atoms with E-state index in [1.165, 1.54) is 116 Å². The maximum absolute atomic E-state index is 12.6. The predicted molar refractivity (Wildman–Crippen MR) is 256 cm³/mol. The molecule has 9 nitrogen and oxygen atoms in total. The highest BCUT2D eigenvalue weighted by Gasteiger charge is 2.15. The number of hydrogen-bond acceptors (Lipinski definition) is 8. The lowest BCUT2D eigenvalue weighted by atomic mass is 10.1. The van der Waals surface area contributed by atoms with Crippen LogP contribution in [-0.2, 0) is 28.5 Å². The van der Waals surface area contributed by atoms with Gasteiger partial charge in [0.1, 0.15) is 6.10 Å². The number of alkyl carbamates (subject to hydrolysis) is 1. The number of hydrogen-bond donors (Lipinski definition) is 1. The molecular weight excluding hydrogens is 765 g/mol. The molecule has 0 aromatic carbocycles. The average molecular weight is 863 g/mol. The minimum Gasteiger partial charge on any atom is -0.466 e. The van der Waals surface area contributed by atoms with Crippen LogP contribution in [0.15, 0.2) is 24.3 Å². The van der Waals surface area contributed by atoms with Crippen molar-refractivity contribution in [2.75, 3.05) is 53.6 Å². The van der Waals surface area contributed by atoms with Crippen molar-refractivity contribution < 1.29 is 33.3 Å². The summed E-state index contributed by atoms with van der Waals surface area (Å²) in [4.78, 5) is 39.2. The Morgan fingerprint density at radius 3 is 1.28 bits per heavy atom. The zero-order valence-electron chi connectivity index (χ0n) is 40.5. The molecule has 0 aromatic rings. The van der Waals surface area contributed by atoms with Gasteiger partial charge in [0.05, 0.1) is 26.4 Å². The molecule has 61 heavy (non-hydrogen) atoms. The van der Waals surface area contributed by atoms with E-state index in [0.29, 0.717) is 58.7 Å². The third kappa shape index (κ3) is 48.5. The first-order chi connectivity index (χ1) is 29.9. The van der Waals surface area contributed by atoms with Crippen LogP contribution in [0.4, 0.5) is 4.79 Å². The van der Waals surface area contributed by atoms with E-state index in [9.17, 15) is 14.4 Å². The fourth-order valence-electron chi connectivity index (χ4n) is 7.17. The second kappa shape index (κ2) is 48.6. The number of allylic oxidation sites excluding steroid dienone is 4. The lowest BCUT2D eigenvalue weighted by Gasteiger charge is -2.18. The molecule has 358 valence electrons. The minimum absolute atomic E-state index is 0.121. The molecule has 0 aliphatic rings. The van der Waals surface area contributed by atoms with Gasteiger partial charge in [0, 0.05) is 25.9 Å². The van der Waals surface area contributed by atoms with Crippen molar-refractivity contribution in [1.29, 1.82) is 0 Å². The highest BCUT2D eigenvalue weighted by atomic mass is 16.6. The third-order valence-corrected chi connectivity index (χ3v) is 11.1. The molecule has 1 amide bonds. The maximum atomic E-state index is 12.6. The van der Waals surface area contributed by atoms with Gasteiger partial charge in [0.15, 0.2) is 0 Å². The van der Waals surface area contributed by atoms with Crippen molar-refractivity contribution >= 4 is 18.0 Å². The van der Waals surface area contributed by atoms with Crippen molar-refractivity contribution in [3.8, 4) is 0 Å². The highest BCUT2D eigenvalue weighted by molar-refractivity contribution is 5.69. The van der Waals surface area contributed by atoms with Crippen LogP contribution in [0.1, 0.15) is 232 Å². The Morgan fingerprint density at radius 2 is 0.869 bits per heavy atom. The summed E-state index contributed by atoms with van der Waals surface area (Å²) in [7, 11) is 3.99. The molecule has 0 aliphatic carbocycles. The van der Waals surface area contributed by atoms with Crippen molar-refractivity contribution in [3.63, 3.8) is 0 Å². The van der Waals surface area contributed by atoms with E-state index in [0.717, 1.165) is 83.6 Å². The van der Waals surface area contributed by atoms with Gasteiger partial charge in [-0.1, -0.05) is 141 Å². The molecule has 0 atom stereocenters. The van der Waals surface area contributed by atoms with Crippen LogP contribution < -0.4 is 5.32 Å². The third-order valence-electron chi connectivity index (χ3n) is 11.1. The molecule has 0 fully saturated rings. The summed E-state index contributed by atoms with van der Waals surface area (Å²) in [6.07, 6.45) is 46.2. The van der Waals surface area contributed by atoms with Gasteiger partial charge in [-0.25, -0.2) is 4.79 Å². The molecule has 0 saturated carbocycles. The Labute approximate surface area is 376 Å². The smallest absolute Gasteiger partial charge is 0.407 e. The summed E-state index contributed by atoms with van der Waals surface area (Å²) in [5.74, 6) is -0.242. The summed E-state index contributed by atoms with van der Waals surface area (Å²) >= 11 is 0. The van der Waals surface area contributed by atoms with Gasteiger partial charge in [-0.05, 0) is 117 Å². The number of ether oxygens (including phenoxy) is 4. The van der Waals surface area contributed by atoms with Crippen LogP contribution in [0.2, 0.25) is 0 Å². The fraction of sp³-hybridized carbons (Fsp3) is 0.865. The summed E-state index contributed by atoms with van der Waals surface area (Å²) in [5.41, 5.74) is 0. The minimum atomic E-state index is -0.445. The number of carbonyl (C=O) groups excluding carboxylic acids is 3. The number of esters is 2. The Balaban J connectivity index is 4.15. The van der Waals surface area contributed by atoms with E-state index < -0.39 is 6.09 Å². The van der Waals surface area contributed by atoms with Gasteiger partial charge in [0.25, 0.3) is 0 Å². The maximum Gasteiger partial charge on any atom is 0.407 e. The van der Waals surface area contributed by atoms with Gasteiger partial charge < -0.3 is 29.2 Å². The van der Waals surface area contributed by atoms with E-state index in [-0.39, 0.29) is 18.0 Å². The van der Waals surface area contributed by atoms with Crippen molar-refractivity contribution in [2.45, 2.75) is 238 Å². The monoisotopic (exact) mass is 863 g/mol. The van der Waals surface area contributed by atoms with E-state index in [4.69, 9.17) is 18.9 Å². The first-order valence-corrected chi connectivity index (χ1v) is 25.7. The van der Waals surface area contributed by atoms with Gasteiger partial charge in [-0.2, -0.15) is 0 Å². The number of nitrogens with one attached hydrogen (secondary N) is 1. The number of amides is 1. The second-order valence-electron chi connectivity index (χ2n) is 17.5. The number of likely N-dealkylation sites (N-methyl/N-ethyl adjacent to an activating group) is 1. The van der Waals surface area contributed by atoms with Crippen LogP contribution in [-0.4, -0.2) is 82.6 Å². The standard InChI is InChI=1S/C52H98N2O7/c1-5-7-9-11-13-15-17-19-21-23-25-27-29-31-33-41-50(55)59-45-37-35-39-49(61-52(57)53-43-47-58-48-44-54(3)4)40-36-38-46-60-51(56)42-34-32-30-28-26-24-22-20-18-16-14-12-10-8-6-2/h19-22,49H,5-18,23-48H2,1-4H3,(H,53,57)/b21-19+,22-20+. The number of nitrogens with zero attached hydrogens (tertiary/aromatic N) is 1. The van der Waals surface area contributed by atoms with E-state index in [2.05, 4.69) is 43.5 Å². The lowest BCUT2D eigenvalue weighted by Crippen LogP contribution is -2.32. The van der Waals surface area contributed by atoms with Crippen molar-refractivity contribution in [2.24, 2.45) is 0 Å². The second-order valence-corrected chi connectivity index (χ2v) is 17.5. The number of unbranched alkanes of at least 4 members (excludes halogenated alkanes) is 24. The van der Waals surface area contributed by atoms with Crippen LogP contribution in [0.5, 0.6) is 0 Å². The topological polar surface area (TPSA) is 103 Å². The number of rotatable bonds is 47. The predicted octanol–water partition coefficient (Wildman–Crippen LogP) is 14.2. The molecule has 0 aliphatic heterocycles. The molecule has 0 unspecified atom stereocenters. The first kappa shape index (κ1) is 58.6. The van der Waals surface area contributed by atoms with E-state index >= 15 is 0 Å². The zero-order chi connectivity index (χ0) is 44.5. The summed E-state index contributed by atoms with van der Waals surface area (Å²) in [6, 6.07) is 0. The van der Waals surface area contributed by atoms with Gasteiger partial charge in [-0.15, -0.1) is 0 Å². The van der Waals surface area contributed by atoms with Crippen LogP contribution in [0.25, 0.3) is 0 Å². The Morgan fingerprint density at radius 1 is 0.475 bits per heavy atom. The van der Waals surface area contributed by atoms with E-state index in [1.54, 1.807) is 0 Å². The Hall–Kier alpha value is -2.39. The molecule has 0 heterocycles. The van der Waals surface area contributed by atoms with Gasteiger partial charge in [0.2, 0.25) is 0 Å². The van der Waals surface area contributed by atoms with Gasteiger partial charge >= 0.3 is 18.0 Å². The number of carbonyl (C=O) groups is 3. The summed E-state index contributed by atoms with van der Waals surface area (Å²) in [5, 5.41) is 2.80. The van der Waals surface area contributed by atoms with Crippen LogP contribution >= 0.6 is 0 Å². The van der Waals surface area contributed by atoms with Crippen molar-refractivity contribution in [1.82, 2.24) is 10.2 Å². The fourth-order valence-corrected chi connectivity index (χ4v) is 7.17. The molecule has 0 radical (unpaired) electrons. The summed E-state index contributed by atoms with van der Waals surface area (Å²) < 4.78 is 22.4. The molecule has 0 saturated heterocycles. The Bertz CT molecular complexity index is 956. The van der Waals surface area contributed by atoms with Crippen LogP contribution in [0, 0.1) is 0 Å². The molecule has 0 rings (SSSR count).